The number of carbonyl (C=O) groups is 1. The van der Waals surface area contributed by atoms with E-state index in [1.165, 1.54) is 12.3 Å². The first-order chi connectivity index (χ1) is 6.57. The number of nitrogens with two attached hydrogens (primary N) is 1. The van der Waals surface area contributed by atoms with Gasteiger partial charge in [0.2, 0.25) is 5.69 Å². The number of nitrogens with zero attached hydrogens (tertiary/aromatic N) is 2. The lowest BCUT2D eigenvalue weighted by Crippen LogP contribution is -2.10. The predicted molar refractivity (Wildman–Crippen MR) is 46.6 cm³/mol. The maximum absolute atomic E-state index is 11.0. The zero-order valence-electron chi connectivity index (χ0n) is 7.26. The van der Waals surface area contributed by atoms with E-state index in [1.54, 1.807) is 0 Å². The highest BCUT2D eigenvalue weighted by molar-refractivity contribution is 5.94. The van der Waals surface area contributed by atoms with Crippen LogP contribution in [0.4, 0.5) is 11.4 Å². The molecule has 2 N–H and O–H groups in total. The molecule has 0 radical (unpaired) electrons. The second-order valence-corrected chi connectivity index (χ2v) is 2.35. The van der Waals surface area contributed by atoms with E-state index in [4.69, 9.17) is 5.73 Å². The first kappa shape index (κ1) is 9.90. The van der Waals surface area contributed by atoms with E-state index in [-0.39, 0.29) is 5.69 Å². The molecule has 0 aliphatic carbocycles. The standard InChI is InChI=1S/C7H7N3O4/c1-14-7(11)5-6(10(12)13)4(8)2-3-9-5/h2-3H,1H3,(H2,8,9). The smallest absolute Gasteiger partial charge is 0.364 e. The van der Waals surface area contributed by atoms with Crippen molar-refractivity contribution < 1.29 is 14.5 Å². The molecule has 0 unspecified atom stereocenters. The van der Waals surface area contributed by atoms with Crippen molar-refractivity contribution in [1.29, 1.82) is 0 Å². The Labute approximate surface area is 78.6 Å². The van der Waals surface area contributed by atoms with Crippen molar-refractivity contribution in [3.63, 3.8) is 0 Å². The van der Waals surface area contributed by atoms with E-state index >= 15 is 0 Å². The molecule has 14 heavy (non-hydrogen) atoms. The van der Waals surface area contributed by atoms with Crippen molar-refractivity contribution in [2.45, 2.75) is 0 Å². The number of ether oxygens (including phenoxy) is 1. The monoisotopic (exact) mass is 197 g/mol. The van der Waals surface area contributed by atoms with Gasteiger partial charge in [0.15, 0.2) is 0 Å². The molecule has 7 nitrogen and oxygen atoms in total. The molecule has 0 amide bonds. The molecule has 0 spiro atoms. The van der Waals surface area contributed by atoms with Crippen molar-refractivity contribution >= 4 is 17.3 Å². The second kappa shape index (κ2) is 3.69. The minimum atomic E-state index is -0.885. The molecule has 0 aromatic carbocycles. The number of hydrogen-bond donors (Lipinski definition) is 1. The van der Waals surface area contributed by atoms with Crippen LogP contribution in [0, 0.1) is 10.1 Å². The van der Waals surface area contributed by atoms with Crippen LogP contribution >= 0.6 is 0 Å². The van der Waals surface area contributed by atoms with Gasteiger partial charge >= 0.3 is 11.7 Å². The van der Waals surface area contributed by atoms with Gasteiger partial charge in [-0.3, -0.25) is 10.1 Å². The first-order valence-corrected chi connectivity index (χ1v) is 3.55. The highest BCUT2D eigenvalue weighted by Gasteiger charge is 2.25. The molecule has 0 atom stereocenters. The van der Waals surface area contributed by atoms with Crippen LogP contribution in [0.15, 0.2) is 12.3 Å². The van der Waals surface area contributed by atoms with Gasteiger partial charge in [-0.25, -0.2) is 9.78 Å². The number of carbonyl (C=O) groups excluding carboxylic acids is 1. The van der Waals surface area contributed by atoms with Crippen LogP contribution in [0.25, 0.3) is 0 Å². The average molecular weight is 197 g/mol. The van der Waals surface area contributed by atoms with E-state index in [0.29, 0.717) is 0 Å². The Morgan fingerprint density at radius 3 is 2.86 bits per heavy atom. The van der Waals surface area contributed by atoms with E-state index in [1.807, 2.05) is 0 Å². The zero-order chi connectivity index (χ0) is 10.7. The van der Waals surface area contributed by atoms with Crippen molar-refractivity contribution in [2.75, 3.05) is 12.8 Å². The first-order valence-electron chi connectivity index (χ1n) is 3.55. The number of anilines is 1. The summed E-state index contributed by atoms with van der Waals surface area (Å²) in [6, 6.07) is 1.24. The Morgan fingerprint density at radius 1 is 1.71 bits per heavy atom. The molecule has 0 bridgehead atoms. The van der Waals surface area contributed by atoms with Crippen LogP contribution in [0.5, 0.6) is 0 Å². The summed E-state index contributed by atoms with van der Waals surface area (Å²) in [5.74, 6) is -0.885. The fourth-order valence-corrected chi connectivity index (χ4v) is 0.907. The topological polar surface area (TPSA) is 108 Å². The SMILES string of the molecule is COC(=O)c1nccc(N)c1[N+](=O)[O-]. The lowest BCUT2D eigenvalue weighted by Gasteiger charge is -2.01. The van der Waals surface area contributed by atoms with Gasteiger partial charge in [0, 0.05) is 6.20 Å². The third-order valence-corrected chi connectivity index (χ3v) is 1.52. The predicted octanol–water partition coefficient (Wildman–Crippen LogP) is 0.359. The van der Waals surface area contributed by atoms with E-state index in [2.05, 4.69) is 9.72 Å². The summed E-state index contributed by atoms with van der Waals surface area (Å²) < 4.78 is 4.32. The Bertz CT molecular complexity index is 391. The maximum atomic E-state index is 11.0. The molecule has 1 aromatic rings. The zero-order valence-corrected chi connectivity index (χ0v) is 7.26. The molecule has 0 aliphatic rings. The summed E-state index contributed by atoms with van der Waals surface area (Å²) in [6.45, 7) is 0. The molecule has 1 rings (SSSR count). The molecule has 1 aromatic heterocycles. The normalized spacial score (nSPS) is 9.50. The van der Waals surface area contributed by atoms with E-state index in [0.717, 1.165) is 7.11 Å². The van der Waals surface area contributed by atoms with Crippen molar-refractivity contribution in [3.8, 4) is 0 Å². The fourth-order valence-electron chi connectivity index (χ4n) is 0.907. The van der Waals surface area contributed by atoms with Crippen molar-refractivity contribution in [2.24, 2.45) is 0 Å². The molecule has 0 fully saturated rings. The van der Waals surface area contributed by atoms with Crippen LogP contribution in [0.1, 0.15) is 10.5 Å². The minimum Gasteiger partial charge on any atom is -0.464 e. The number of nitrogen functional groups attached to an aromatic ring is 1. The van der Waals surface area contributed by atoms with Crippen molar-refractivity contribution in [1.82, 2.24) is 4.98 Å². The minimum absolute atomic E-state index is 0.120. The third kappa shape index (κ3) is 1.60. The molecule has 0 aliphatic heterocycles. The quantitative estimate of drug-likeness (QED) is 0.416. The van der Waals surface area contributed by atoms with Gasteiger partial charge in [-0.2, -0.15) is 0 Å². The Morgan fingerprint density at radius 2 is 2.36 bits per heavy atom. The molecular formula is C7H7N3O4. The van der Waals surface area contributed by atoms with Crippen LogP contribution < -0.4 is 5.73 Å². The number of nitro groups is 1. The summed E-state index contributed by atoms with van der Waals surface area (Å²) in [4.78, 5) is 24.4. The summed E-state index contributed by atoms with van der Waals surface area (Å²) >= 11 is 0. The lowest BCUT2D eigenvalue weighted by molar-refractivity contribution is -0.384. The molecule has 0 saturated carbocycles. The molecule has 7 heteroatoms. The van der Waals surface area contributed by atoms with Gasteiger partial charge in [0.1, 0.15) is 5.69 Å². The number of hydrogen-bond acceptors (Lipinski definition) is 6. The van der Waals surface area contributed by atoms with E-state index < -0.39 is 22.3 Å². The van der Waals surface area contributed by atoms with Crippen LogP contribution in [-0.2, 0) is 4.74 Å². The largest absolute Gasteiger partial charge is 0.464 e. The van der Waals surface area contributed by atoms with Gasteiger partial charge in [-0.05, 0) is 6.07 Å². The van der Waals surface area contributed by atoms with Gasteiger partial charge in [0.05, 0.1) is 12.0 Å². The Kier molecular flexibility index (Phi) is 2.61. The number of pyridine rings is 1. The molecule has 0 saturated heterocycles. The highest BCUT2D eigenvalue weighted by Crippen LogP contribution is 2.24. The van der Waals surface area contributed by atoms with Gasteiger partial charge < -0.3 is 10.5 Å². The number of aromatic nitrogens is 1. The van der Waals surface area contributed by atoms with Crippen molar-refractivity contribution in [3.05, 3.63) is 28.1 Å². The summed E-state index contributed by atoms with van der Waals surface area (Å²) in [6.07, 6.45) is 1.20. The van der Waals surface area contributed by atoms with Gasteiger partial charge in [0.25, 0.3) is 0 Å². The molecule has 74 valence electrons. The maximum Gasteiger partial charge on any atom is 0.364 e. The second-order valence-electron chi connectivity index (χ2n) is 2.35. The summed E-state index contributed by atoms with van der Waals surface area (Å²) in [5.41, 5.74) is 4.29. The average Bonchev–Trinajstić information content (AvgIpc) is 2.15. The number of methoxy groups -OCH3 is 1. The van der Waals surface area contributed by atoms with Crippen LogP contribution in [0.2, 0.25) is 0 Å². The van der Waals surface area contributed by atoms with Crippen LogP contribution in [0.3, 0.4) is 0 Å². The molecule has 1 heterocycles. The van der Waals surface area contributed by atoms with Gasteiger partial charge in [-0.15, -0.1) is 0 Å². The van der Waals surface area contributed by atoms with Gasteiger partial charge in [-0.1, -0.05) is 0 Å². The number of rotatable bonds is 2. The number of esters is 1. The Hall–Kier alpha value is -2.18. The van der Waals surface area contributed by atoms with Crippen LogP contribution in [-0.4, -0.2) is 23.0 Å². The fraction of sp³-hybridized carbons (Fsp3) is 0.143. The lowest BCUT2D eigenvalue weighted by atomic mass is 10.2. The highest BCUT2D eigenvalue weighted by atomic mass is 16.6. The summed E-state index contributed by atoms with van der Waals surface area (Å²) in [5, 5.41) is 10.5. The Balaban J connectivity index is 3.35. The third-order valence-electron chi connectivity index (χ3n) is 1.52. The molecular weight excluding hydrogens is 190 g/mol. The summed E-state index contributed by atoms with van der Waals surface area (Å²) in [7, 11) is 1.11. The van der Waals surface area contributed by atoms with E-state index in [9.17, 15) is 14.9 Å².